The van der Waals surface area contributed by atoms with E-state index in [2.05, 4.69) is 15.3 Å². The number of fused-ring (bicyclic) bond motifs is 1. The van der Waals surface area contributed by atoms with Crippen LogP contribution in [0.2, 0.25) is 0 Å². The molecule has 7 heteroatoms. The molecule has 2 aromatic heterocycles. The van der Waals surface area contributed by atoms with Crippen LogP contribution in [0.1, 0.15) is 10.4 Å². The number of halogens is 2. The zero-order chi connectivity index (χ0) is 18.1. The predicted molar refractivity (Wildman–Crippen MR) is 97.2 cm³/mol. The van der Waals surface area contributed by atoms with E-state index in [1.54, 1.807) is 29.8 Å². The van der Waals surface area contributed by atoms with E-state index >= 15 is 0 Å². The molecule has 0 radical (unpaired) electrons. The molecule has 2 heterocycles. The average molecular weight is 367 g/mol. The summed E-state index contributed by atoms with van der Waals surface area (Å²) in [6.45, 7) is 0. The summed E-state index contributed by atoms with van der Waals surface area (Å²) in [7, 11) is 0. The molecule has 1 amide bonds. The van der Waals surface area contributed by atoms with Gasteiger partial charge in [-0.1, -0.05) is 18.2 Å². The number of carbonyl (C=O) groups is 1. The predicted octanol–water partition coefficient (Wildman–Crippen LogP) is 4.89. The van der Waals surface area contributed by atoms with Gasteiger partial charge in [0.05, 0.1) is 16.8 Å². The molecule has 128 valence electrons. The highest BCUT2D eigenvalue weighted by atomic mass is 32.1. The molecular weight excluding hydrogens is 356 g/mol. The van der Waals surface area contributed by atoms with Gasteiger partial charge < -0.3 is 0 Å². The van der Waals surface area contributed by atoms with Crippen LogP contribution < -0.4 is 5.32 Å². The summed E-state index contributed by atoms with van der Waals surface area (Å²) in [4.78, 5) is 21.0. The molecule has 4 rings (SSSR count). The van der Waals surface area contributed by atoms with Gasteiger partial charge in [0.1, 0.15) is 11.6 Å². The number of hydrogen-bond donors (Lipinski definition) is 1. The number of rotatable bonds is 3. The van der Waals surface area contributed by atoms with E-state index in [9.17, 15) is 13.6 Å². The number of hydrogen-bond acceptors (Lipinski definition) is 4. The number of thiazole rings is 1. The molecule has 1 N–H and O–H groups in total. The molecular formula is C19H11F2N3OS. The maximum Gasteiger partial charge on any atom is 0.259 e. The van der Waals surface area contributed by atoms with Gasteiger partial charge in [0.25, 0.3) is 5.91 Å². The summed E-state index contributed by atoms with van der Waals surface area (Å²) in [6, 6.07) is 12.1. The van der Waals surface area contributed by atoms with Crippen LogP contribution in [-0.2, 0) is 0 Å². The lowest BCUT2D eigenvalue weighted by atomic mass is 10.1. The van der Waals surface area contributed by atoms with Gasteiger partial charge in [-0.2, -0.15) is 0 Å². The van der Waals surface area contributed by atoms with Crippen LogP contribution in [0.15, 0.2) is 60.1 Å². The van der Waals surface area contributed by atoms with Gasteiger partial charge in [-0.15, -0.1) is 11.3 Å². The Bertz CT molecular complexity index is 1120. The van der Waals surface area contributed by atoms with Crippen molar-refractivity contribution in [3.05, 3.63) is 77.3 Å². The summed E-state index contributed by atoms with van der Waals surface area (Å²) in [5.41, 5.74) is 1.31. The van der Waals surface area contributed by atoms with Crippen molar-refractivity contribution in [2.75, 3.05) is 5.32 Å². The number of nitrogens with one attached hydrogen (secondary N) is 1. The third-order valence-corrected chi connectivity index (χ3v) is 4.56. The highest BCUT2D eigenvalue weighted by Crippen LogP contribution is 2.28. The largest absolute Gasteiger partial charge is 0.298 e. The Morgan fingerprint density at radius 3 is 2.81 bits per heavy atom. The number of amides is 1. The van der Waals surface area contributed by atoms with Crippen LogP contribution >= 0.6 is 11.3 Å². The van der Waals surface area contributed by atoms with Gasteiger partial charge >= 0.3 is 0 Å². The normalized spacial score (nSPS) is 10.8. The fraction of sp³-hybridized carbons (Fsp3) is 0. The number of benzene rings is 2. The lowest BCUT2D eigenvalue weighted by molar-refractivity contribution is 0.102. The van der Waals surface area contributed by atoms with E-state index in [0.717, 1.165) is 34.9 Å². The third-order valence-electron chi connectivity index (χ3n) is 3.81. The molecule has 0 unspecified atom stereocenters. The Balaban J connectivity index is 1.63. The Kier molecular flexibility index (Phi) is 4.14. The monoisotopic (exact) mass is 367 g/mol. The molecule has 0 bridgehead atoms. The average Bonchev–Trinajstić information content (AvgIpc) is 3.11. The summed E-state index contributed by atoms with van der Waals surface area (Å²) >= 11 is 1.13. The van der Waals surface area contributed by atoms with Gasteiger partial charge in [-0.3, -0.25) is 15.1 Å². The molecule has 0 aliphatic heterocycles. The molecule has 0 aliphatic carbocycles. The maximum atomic E-state index is 13.9. The van der Waals surface area contributed by atoms with Gasteiger partial charge in [0, 0.05) is 22.5 Å². The van der Waals surface area contributed by atoms with Crippen LogP contribution in [-0.4, -0.2) is 15.9 Å². The van der Waals surface area contributed by atoms with Crippen LogP contribution in [0.5, 0.6) is 0 Å². The number of anilines is 1. The van der Waals surface area contributed by atoms with Gasteiger partial charge in [-0.25, -0.2) is 13.8 Å². The minimum Gasteiger partial charge on any atom is -0.298 e. The molecule has 0 atom stereocenters. The summed E-state index contributed by atoms with van der Waals surface area (Å²) in [5.74, 6) is -1.50. The number of aromatic nitrogens is 2. The van der Waals surface area contributed by atoms with Crippen LogP contribution in [0, 0.1) is 11.6 Å². The Morgan fingerprint density at radius 1 is 1.08 bits per heavy atom. The summed E-state index contributed by atoms with van der Waals surface area (Å²) in [5, 5.41) is 5.39. The first-order valence-corrected chi connectivity index (χ1v) is 8.56. The minimum atomic E-state index is -0.576. The van der Waals surface area contributed by atoms with Crippen molar-refractivity contribution in [1.82, 2.24) is 9.97 Å². The summed E-state index contributed by atoms with van der Waals surface area (Å²) in [6.07, 6.45) is 1.62. The topological polar surface area (TPSA) is 54.9 Å². The quantitative estimate of drug-likeness (QED) is 0.561. The second-order valence-corrected chi connectivity index (χ2v) is 6.35. The van der Waals surface area contributed by atoms with Crippen molar-refractivity contribution in [3.8, 4) is 11.3 Å². The molecule has 26 heavy (non-hydrogen) atoms. The Labute approximate surface area is 151 Å². The molecule has 2 aromatic carbocycles. The molecule has 0 fully saturated rings. The van der Waals surface area contributed by atoms with Crippen molar-refractivity contribution in [3.63, 3.8) is 0 Å². The van der Waals surface area contributed by atoms with Crippen molar-refractivity contribution in [2.45, 2.75) is 0 Å². The van der Waals surface area contributed by atoms with Gasteiger partial charge in [0.2, 0.25) is 0 Å². The fourth-order valence-corrected chi connectivity index (χ4v) is 3.31. The van der Waals surface area contributed by atoms with Crippen molar-refractivity contribution in [1.29, 1.82) is 0 Å². The zero-order valence-corrected chi connectivity index (χ0v) is 14.1. The van der Waals surface area contributed by atoms with E-state index < -0.39 is 11.6 Å². The Morgan fingerprint density at radius 2 is 1.92 bits per heavy atom. The van der Waals surface area contributed by atoms with E-state index in [1.165, 1.54) is 0 Å². The SMILES string of the molecule is O=C(Nc1nc(-c2cc(F)ccc2F)cs1)c1cccc2cccnc12. The summed E-state index contributed by atoms with van der Waals surface area (Å²) < 4.78 is 27.2. The first-order chi connectivity index (χ1) is 12.6. The van der Waals surface area contributed by atoms with Crippen LogP contribution in [0.25, 0.3) is 22.2 Å². The standard InChI is InChI=1S/C19H11F2N3OS/c20-12-6-7-15(21)14(9-12)16-10-26-19(23-16)24-18(25)13-5-1-3-11-4-2-8-22-17(11)13/h1-10H,(H,23,24,25). The van der Waals surface area contributed by atoms with Gasteiger partial charge in [0.15, 0.2) is 5.13 Å². The molecule has 0 aliphatic rings. The lowest BCUT2D eigenvalue weighted by Crippen LogP contribution is -2.12. The lowest BCUT2D eigenvalue weighted by Gasteiger charge is -2.05. The van der Waals surface area contributed by atoms with E-state index in [-0.39, 0.29) is 17.2 Å². The van der Waals surface area contributed by atoms with Crippen molar-refractivity contribution >= 4 is 33.3 Å². The minimum absolute atomic E-state index is 0.0496. The van der Waals surface area contributed by atoms with Gasteiger partial charge in [-0.05, 0) is 30.3 Å². The first kappa shape index (κ1) is 16.3. The van der Waals surface area contributed by atoms with Crippen LogP contribution in [0.3, 0.4) is 0 Å². The number of para-hydroxylation sites is 1. The third kappa shape index (κ3) is 3.04. The molecule has 0 saturated heterocycles. The zero-order valence-electron chi connectivity index (χ0n) is 13.2. The Hall–Kier alpha value is -3.19. The van der Waals surface area contributed by atoms with E-state index in [0.29, 0.717) is 16.2 Å². The number of carbonyl (C=O) groups excluding carboxylic acids is 1. The molecule has 0 spiro atoms. The smallest absolute Gasteiger partial charge is 0.259 e. The van der Waals surface area contributed by atoms with Crippen LogP contribution in [0.4, 0.5) is 13.9 Å². The first-order valence-electron chi connectivity index (χ1n) is 7.68. The van der Waals surface area contributed by atoms with E-state index in [1.807, 2.05) is 12.1 Å². The second kappa shape index (κ2) is 6.61. The van der Waals surface area contributed by atoms with E-state index in [4.69, 9.17) is 0 Å². The second-order valence-electron chi connectivity index (χ2n) is 5.50. The number of nitrogens with zero attached hydrogens (tertiary/aromatic N) is 2. The number of pyridine rings is 1. The van der Waals surface area contributed by atoms with Crippen molar-refractivity contribution in [2.24, 2.45) is 0 Å². The maximum absolute atomic E-state index is 13.9. The molecule has 4 nitrogen and oxygen atoms in total. The molecule has 0 saturated carbocycles. The fourth-order valence-electron chi connectivity index (χ4n) is 2.60. The highest BCUT2D eigenvalue weighted by Gasteiger charge is 2.15. The van der Waals surface area contributed by atoms with Crippen molar-refractivity contribution < 1.29 is 13.6 Å². The highest BCUT2D eigenvalue weighted by molar-refractivity contribution is 7.14. The molecule has 4 aromatic rings.